The molecule has 0 bridgehead atoms. The third-order valence-corrected chi connectivity index (χ3v) is 1.90. The second kappa shape index (κ2) is 6.07. The van der Waals surface area contributed by atoms with E-state index in [2.05, 4.69) is 14.7 Å². The molecular formula is C11H10F3NO4. The van der Waals surface area contributed by atoms with Gasteiger partial charge in [0.15, 0.2) is 0 Å². The highest BCUT2D eigenvalue weighted by Gasteiger charge is 2.30. The summed E-state index contributed by atoms with van der Waals surface area (Å²) in [6, 6.07) is 4.95. The molecule has 0 saturated carbocycles. The van der Waals surface area contributed by atoms with Gasteiger partial charge in [-0.2, -0.15) is 0 Å². The molecule has 104 valence electrons. The van der Waals surface area contributed by atoms with E-state index in [4.69, 9.17) is 5.11 Å². The Balaban J connectivity index is 2.67. The summed E-state index contributed by atoms with van der Waals surface area (Å²) >= 11 is 0. The molecule has 0 aliphatic rings. The number of benzene rings is 1. The van der Waals surface area contributed by atoms with E-state index in [9.17, 15) is 18.0 Å². The van der Waals surface area contributed by atoms with Gasteiger partial charge in [-0.3, -0.25) is 0 Å². The number of aliphatic carboxylic acids is 1. The quantitative estimate of drug-likeness (QED) is 0.663. The fourth-order valence-corrected chi connectivity index (χ4v) is 1.13. The molecular weight excluding hydrogens is 267 g/mol. The fraction of sp³-hybridized carbons (Fsp3) is 0.273. The lowest BCUT2D eigenvalue weighted by Gasteiger charge is -2.09. The Morgan fingerprint density at radius 3 is 2.37 bits per heavy atom. The van der Waals surface area contributed by atoms with Gasteiger partial charge in [0.2, 0.25) is 6.61 Å². The average Bonchev–Trinajstić information content (AvgIpc) is 2.27. The van der Waals surface area contributed by atoms with Gasteiger partial charge >= 0.3 is 12.3 Å². The van der Waals surface area contributed by atoms with Crippen LogP contribution in [0.3, 0.4) is 0 Å². The average molecular weight is 277 g/mol. The molecule has 0 atom stereocenters. The topological polar surface area (TPSA) is 68.1 Å². The lowest BCUT2D eigenvalue weighted by atomic mass is 10.1. The zero-order valence-corrected chi connectivity index (χ0v) is 9.77. The first kappa shape index (κ1) is 14.8. The molecule has 0 heterocycles. The largest absolute Gasteiger partial charge is 0.573 e. The Bertz CT molecular complexity index is 468. The summed E-state index contributed by atoms with van der Waals surface area (Å²) in [4.78, 5) is 14.7. The Labute approximate surface area is 106 Å². The number of carboxylic acids is 1. The highest BCUT2D eigenvalue weighted by atomic mass is 19.4. The van der Waals surface area contributed by atoms with Crippen molar-refractivity contribution >= 4 is 11.7 Å². The molecule has 0 spiro atoms. The van der Waals surface area contributed by atoms with Gasteiger partial charge in [-0.25, -0.2) is 4.79 Å². The zero-order valence-electron chi connectivity index (χ0n) is 9.77. The summed E-state index contributed by atoms with van der Waals surface area (Å²) in [7, 11) is 0. The standard InChI is InChI=1S/C11H10F3NO4/c1-7(15-18-6-10(16)17)8-2-4-9(5-3-8)19-11(12,13)14/h2-5H,6H2,1H3,(H,16,17). The SMILES string of the molecule is CC(=NOCC(=O)O)c1ccc(OC(F)(F)F)cc1. The molecule has 0 unspecified atom stereocenters. The van der Waals surface area contributed by atoms with Crippen molar-refractivity contribution in [2.24, 2.45) is 5.16 Å². The molecule has 1 aromatic rings. The predicted molar refractivity (Wildman–Crippen MR) is 58.9 cm³/mol. The first-order valence-corrected chi connectivity index (χ1v) is 5.02. The highest BCUT2D eigenvalue weighted by molar-refractivity contribution is 5.98. The first-order chi connectivity index (χ1) is 8.78. The van der Waals surface area contributed by atoms with Crippen molar-refractivity contribution < 1.29 is 32.6 Å². The molecule has 0 amide bonds. The minimum absolute atomic E-state index is 0.333. The van der Waals surface area contributed by atoms with E-state index in [1.807, 2.05) is 0 Å². The third-order valence-electron chi connectivity index (χ3n) is 1.90. The maximum absolute atomic E-state index is 11.9. The lowest BCUT2D eigenvalue weighted by Crippen LogP contribution is -2.17. The van der Waals surface area contributed by atoms with Crippen LogP contribution in [-0.4, -0.2) is 29.8 Å². The molecule has 0 aliphatic carbocycles. The molecule has 5 nitrogen and oxygen atoms in total. The van der Waals surface area contributed by atoms with E-state index in [1.54, 1.807) is 0 Å². The molecule has 0 radical (unpaired) electrons. The number of ether oxygens (including phenoxy) is 1. The number of hydrogen-bond acceptors (Lipinski definition) is 4. The summed E-state index contributed by atoms with van der Waals surface area (Å²) in [5, 5.41) is 11.8. The number of oxime groups is 1. The molecule has 0 aliphatic heterocycles. The van der Waals surface area contributed by atoms with Gasteiger partial charge < -0.3 is 14.7 Å². The van der Waals surface area contributed by atoms with Crippen LogP contribution in [0.2, 0.25) is 0 Å². The van der Waals surface area contributed by atoms with E-state index in [-0.39, 0.29) is 5.75 Å². The minimum Gasteiger partial charge on any atom is -0.479 e. The maximum atomic E-state index is 11.9. The van der Waals surface area contributed by atoms with E-state index < -0.39 is 18.9 Å². The molecule has 0 aromatic heterocycles. The van der Waals surface area contributed by atoms with Gasteiger partial charge in [-0.15, -0.1) is 13.2 Å². The molecule has 1 N–H and O–H groups in total. The monoisotopic (exact) mass is 277 g/mol. The number of halogens is 3. The van der Waals surface area contributed by atoms with Crippen LogP contribution >= 0.6 is 0 Å². The normalized spacial score (nSPS) is 12.1. The fourth-order valence-electron chi connectivity index (χ4n) is 1.13. The zero-order chi connectivity index (χ0) is 14.5. The van der Waals surface area contributed by atoms with Crippen molar-refractivity contribution in [3.05, 3.63) is 29.8 Å². The number of hydrogen-bond donors (Lipinski definition) is 1. The molecule has 1 rings (SSSR count). The van der Waals surface area contributed by atoms with Crippen molar-refractivity contribution in [2.75, 3.05) is 6.61 Å². The van der Waals surface area contributed by atoms with Crippen LogP contribution < -0.4 is 4.74 Å². The van der Waals surface area contributed by atoms with Gasteiger partial charge in [0.1, 0.15) is 5.75 Å². The van der Waals surface area contributed by atoms with Gasteiger partial charge in [-0.1, -0.05) is 5.16 Å². The molecule has 0 fully saturated rings. The van der Waals surface area contributed by atoms with Crippen LogP contribution in [0.5, 0.6) is 5.75 Å². The summed E-state index contributed by atoms with van der Waals surface area (Å²) in [6.45, 7) is 0.939. The van der Waals surface area contributed by atoms with Gasteiger partial charge in [-0.05, 0) is 36.8 Å². The van der Waals surface area contributed by atoms with Crippen molar-refractivity contribution in [2.45, 2.75) is 13.3 Å². The number of rotatable bonds is 5. The van der Waals surface area contributed by atoms with E-state index in [0.29, 0.717) is 11.3 Å². The van der Waals surface area contributed by atoms with Crippen LogP contribution in [0.15, 0.2) is 29.4 Å². The summed E-state index contributed by atoms with van der Waals surface area (Å²) in [5.74, 6) is -1.53. The van der Waals surface area contributed by atoms with Crippen molar-refractivity contribution in [3.8, 4) is 5.75 Å². The maximum Gasteiger partial charge on any atom is 0.573 e. The van der Waals surface area contributed by atoms with Gasteiger partial charge in [0, 0.05) is 0 Å². The van der Waals surface area contributed by atoms with Crippen LogP contribution in [0.4, 0.5) is 13.2 Å². The highest BCUT2D eigenvalue weighted by Crippen LogP contribution is 2.22. The molecule has 19 heavy (non-hydrogen) atoms. The Hall–Kier alpha value is -2.25. The Kier molecular flexibility index (Phi) is 4.74. The summed E-state index contributed by atoms with van der Waals surface area (Å²) < 4.78 is 39.5. The van der Waals surface area contributed by atoms with Crippen LogP contribution in [0.25, 0.3) is 0 Å². The molecule has 0 saturated heterocycles. The number of alkyl halides is 3. The van der Waals surface area contributed by atoms with Crippen molar-refractivity contribution in [1.29, 1.82) is 0 Å². The minimum atomic E-state index is -4.74. The van der Waals surface area contributed by atoms with E-state index >= 15 is 0 Å². The van der Waals surface area contributed by atoms with Crippen molar-refractivity contribution in [1.82, 2.24) is 0 Å². The molecule has 8 heteroatoms. The number of carbonyl (C=O) groups is 1. The van der Waals surface area contributed by atoms with Crippen LogP contribution in [-0.2, 0) is 9.63 Å². The van der Waals surface area contributed by atoms with Crippen LogP contribution in [0.1, 0.15) is 12.5 Å². The Morgan fingerprint density at radius 2 is 1.89 bits per heavy atom. The van der Waals surface area contributed by atoms with E-state index in [1.165, 1.54) is 19.1 Å². The second-order valence-corrected chi connectivity index (χ2v) is 3.42. The summed E-state index contributed by atoms with van der Waals surface area (Å²) in [5.41, 5.74) is 0.819. The van der Waals surface area contributed by atoms with Crippen LogP contribution in [0, 0.1) is 0 Å². The molecule has 1 aromatic carbocycles. The first-order valence-electron chi connectivity index (χ1n) is 5.02. The van der Waals surface area contributed by atoms with Gasteiger partial charge in [0.05, 0.1) is 5.71 Å². The second-order valence-electron chi connectivity index (χ2n) is 3.42. The lowest BCUT2D eigenvalue weighted by molar-refractivity contribution is -0.274. The number of nitrogens with zero attached hydrogens (tertiary/aromatic N) is 1. The van der Waals surface area contributed by atoms with E-state index in [0.717, 1.165) is 12.1 Å². The van der Waals surface area contributed by atoms with Crippen molar-refractivity contribution in [3.63, 3.8) is 0 Å². The third kappa shape index (κ3) is 5.75. The number of carboxylic acid groups (broad SMARTS) is 1. The predicted octanol–water partition coefficient (Wildman–Crippen LogP) is 2.41. The summed E-state index contributed by atoms with van der Waals surface area (Å²) in [6.07, 6.45) is -4.74. The Morgan fingerprint density at radius 1 is 1.32 bits per heavy atom. The van der Waals surface area contributed by atoms with Gasteiger partial charge in [0.25, 0.3) is 0 Å². The smallest absolute Gasteiger partial charge is 0.479 e.